The lowest BCUT2D eigenvalue weighted by molar-refractivity contribution is -0.137. The van der Waals surface area contributed by atoms with Gasteiger partial charge in [0.15, 0.2) is 11.5 Å². The summed E-state index contributed by atoms with van der Waals surface area (Å²) in [5, 5.41) is 17.0. The van der Waals surface area contributed by atoms with Crippen LogP contribution in [-0.2, 0) is 28.7 Å². The highest BCUT2D eigenvalue weighted by Crippen LogP contribution is 2.36. The Kier molecular flexibility index (Phi) is 9.75. The molecule has 2 amide bonds. The number of nitrogens with zero attached hydrogens (tertiary/aromatic N) is 6. The monoisotopic (exact) mass is 699 g/mol. The fourth-order valence-electron chi connectivity index (χ4n) is 6.34. The van der Waals surface area contributed by atoms with Crippen molar-refractivity contribution >= 4 is 40.5 Å². The normalized spacial score (nSPS) is 16.0. The number of carbonyl (C=O) groups is 2. The lowest BCUT2D eigenvalue weighted by Gasteiger charge is -2.22. The predicted molar refractivity (Wildman–Crippen MR) is 174 cm³/mol. The molecule has 0 spiro atoms. The van der Waals surface area contributed by atoms with Gasteiger partial charge in [-0.05, 0) is 80.9 Å². The summed E-state index contributed by atoms with van der Waals surface area (Å²) in [5.41, 5.74) is 0.624. The van der Waals surface area contributed by atoms with E-state index in [0.717, 1.165) is 23.8 Å². The molecule has 0 saturated carbocycles. The molecule has 6 rings (SSSR count). The van der Waals surface area contributed by atoms with Crippen molar-refractivity contribution in [2.24, 2.45) is 0 Å². The summed E-state index contributed by atoms with van der Waals surface area (Å²) in [7, 11) is 0. The van der Waals surface area contributed by atoms with Gasteiger partial charge < -0.3 is 24.6 Å². The smallest absolute Gasteiger partial charge is 0.416 e. The standard InChI is InChI=1S/C33H33ClF3N7O5/c1-2-42(31(48)28-25(45)6-3-13-38-28)14-4-5-19-7-10-24-27(19)30(47)44-32(40-29(41-44)20-11-15-49-16-12-20)43(24)18-26(46)39-23-9-8-21(17-22(23)34)33(35,36)37/h3,6,8-9,11,13,17,19,45H,2,4-5,7,10,12,14-16,18H2,1H3,(H,39,46). The molecular weight excluding hydrogens is 667 g/mol. The van der Waals surface area contributed by atoms with Gasteiger partial charge in [-0.3, -0.25) is 14.4 Å². The molecule has 0 fully saturated rings. The number of halogens is 4. The summed E-state index contributed by atoms with van der Waals surface area (Å²) in [6, 6.07) is 5.62. The fourth-order valence-corrected chi connectivity index (χ4v) is 6.57. The van der Waals surface area contributed by atoms with Crippen molar-refractivity contribution in [2.75, 3.05) is 31.6 Å². The van der Waals surface area contributed by atoms with E-state index in [0.29, 0.717) is 75.5 Å². The van der Waals surface area contributed by atoms with E-state index < -0.39 is 23.6 Å². The number of anilines is 1. The number of aromatic nitrogens is 5. The Labute approximate surface area is 283 Å². The number of hydrogen-bond acceptors (Lipinski definition) is 8. The first-order valence-corrected chi connectivity index (χ1v) is 16.2. The van der Waals surface area contributed by atoms with Gasteiger partial charge in [0.1, 0.15) is 12.3 Å². The van der Waals surface area contributed by atoms with Gasteiger partial charge >= 0.3 is 6.18 Å². The zero-order chi connectivity index (χ0) is 34.9. The molecule has 2 aliphatic rings. The highest BCUT2D eigenvalue weighted by atomic mass is 35.5. The number of rotatable bonds is 10. The number of hydrogen-bond donors (Lipinski definition) is 2. The quantitative estimate of drug-likeness (QED) is 0.233. The van der Waals surface area contributed by atoms with Gasteiger partial charge in [-0.15, -0.1) is 5.10 Å². The maximum absolute atomic E-state index is 14.0. The highest BCUT2D eigenvalue weighted by Gasteiger charge is 2.33. The summed E-state index contributed by atoms with van der Waals surface area (Å²) in [6.07, 6.45) is 1.42. The summed E-state index contributed by atoms with van der Waals surface area (Å²) in [6.45, 7) is 3.14. The van der Waals surface area contributed by atoms with Crippen LogP contribution in [0.1, 0.15) is 71.7 Å². The minimum atomic E-state index is -4.59. The number of nitrogens with one attached hydrogen (secondary N) is 1. The molecule has 49 heavy (non-hydrogen) atoms. The van der Waals surface area contributed by atoms with Crippen molar-refractivity contribution in [3.8, 4) is 5.75 Å². The molecule has 1 aromatic carbocycles. The van der Waals surface area contributed by atoms with Crippen LogP contribution in [-0.4, -0.2) is 72.3 Å². The number of amides is 2. The second-order valence-electron chi connectivity index (χ2n) is 11.8. The topological polar surface area (TPSA) is 144 Å². The zero-order valence-electron chi connectivity index (χ0n) is 26.5. The van der Waals surface area contributed by atoms with Crippen molar-refractivity contribution in [3.05, 3.63) is 86.3 Å². The van der Waals surface area contributed by atoms with Crippen LogP contribution in [0.4, 0.5) is 18.9 Å². The summed E-state index contributed by atoms with van der Waals surface area (Å²) < 4.78 is 47.7. The van der Waals surface area contributed by atoms with Crippen molar-refractivity contribution in [1.29, 1.82) is 0 Å². The molecule has 16 heteroatoms. The molecular formula is C33H33ClF3N7O5. The first kappa shape index (κ1) is 34.1. The molecule has 0 bridgehead atoms. The Bertz CT molecular complexity index is 2010. The van der Waals surface area contributed by atoms with Gasteiger partial charge in [-0.1, -0.05) is 17.7 Å². The van der Waals surface area contributed by atoms with E-state index in [1.807, 2.05) is 13.0 Å². The third-order valence-corrected chi connectivity index (χ3v) is 9.10. The summed E-state index contributed by atoms with van der Waals surface area (Å²) >= 11 is 6.10. The van der Waals surface area contributed by atoms with Gasteiger partial charge in [-0.25, -0.2) is 4.98 Å². The van der Waals surface area contributed by atoms with E-state index in [2.05, 4.69) is 20.4 Å². The van der Waals surface area contributed by atoms with Crippen molar-refractivity contribution in [3.63, 3.8) is 0 Å². The van der Waals surface area contributed by atoms with Gasteiger partial charge in [0, 0.05) is 30.5 Å². The maximum atomic E-state index is 14.0. The Morgan fingerprint density at radius 1 is 1.22 bits per heavy atom. The van der Waals surface area contributed by atoms with Crippen molar-refractivity contribution in [2.45, 2.75) is 57.7 Å². The minimum Gasteiger partial charge on any atom is -0.505 e. The lowest BCUT2D eigenvalue weighted by Crippen LogP contribution is -2.33. The number of carbonyl (C=O) groups excluding carboxylic acids is 2. The predicted octanol–water partition coefficient (Wildman–Crippen LogP) is 5.08. The summed E-state index contributed by atoms with van der Waals surface area (Å²) in [5.74, 6) is -0.865. The number of aromatic hydroxyl groups is 1. The Hall–Kier alpha value is -4.76. The third-order valence-electron chi connectivity index (χ3n) is 8.79. The number of benzene rings is 1. The first-order valence-electron chi connectivity index (χ1n) is 15.9. The van der Waals surface area contributed by atoms with E-state index in [-0.39, 0.29) is 46.0 Å². The van der Waals surface area contributed by atoms with E-state index in [9.17, 15) is 32.7 Å². The summed E-state index contributed by atoms with van der Waals surface area (Å²) in [4.78, 5) is 50.7. The average Bonchev–Trinajstić information content (AvgIpc) is 3.72. The molecule has 0 saturated heterocycles. The van der Waals surface area contributed by atoms with Gasteiger partial charge in [0.05, 0.1) is 29.5 Å². The second kappa shape index (κ2) is 14.0. The van der Waals surface area contributed by atoms with Crippen LogP contribution >= 0.6 is 11.6 Å². The Morgan fingerprint density at radius 2 is 2.04 bits per heavy atom. The molecule has 1 atom stereocenters. The molecule has 2 N–H and O–H groups in total. The van der Waals surface area contributed by atoms with Crippen LogP contribution in [0.3, 0.4) is 0 Å². The van der Waals surface area contributed by atoms with Gasteiger partial charge in [-0.2, -0.15) is 22.7 Å². The largest absolute Gasteiger partial charge is 0.505 e. The molecule has 4 aromatic rings. The second-order valence-corrected chi connectivity index (χ2v) is 12.2. The molecule has 3 aromatic heterocycles. The lowest BCUT2D eigenvalue weighted by atomic mass is 9.97. The van der Waals surface area contributed by atoms with Crippen LogP contribution in [0.25, 0.3) is 11.4 Å². The number of fused-ring (bicyclic) bond motifs is 2. The average molecular weight is 700 g/mol. The molecule has 12 nitrogen and oxygen atoms in total. The zero-order valence-corrected chi connectivity index (χ0v) is 27.2. The van der Waals surface area contributed by atoms with Crippen molar-refractivity contribution < 1.29 is 32.6 Å². The molecule has 1 aliphatic carbocycles. The van der Waals surface area contributed by atoms with Crippen LogP contribution in [0, 0.1) is 0 Å². The van der Waals surface area contributed by atoms with E-state index in [1.165, 1.54) is 22.8 Å². The third kappa shape index (κ3) is 7.04. The number of pyridine rings is 1. The van der Waals surface area contributed by atoms with E-state index in [1.54, 1.807) is 9.47 Å². The molecule has 4 heterocycles. The first-order chi connectivity index (χ1) is 23.5. The minimum absolute atomic E-state index is 0.00909. The molecule has 1 unspecified atom stereocenters. The van der Waals surface area contributed by atoms with Gasteiger partial charge in [0.25, 0.3) is 11.5 Å². The molecule has 1 aliphatic heterocycles. The fraction of sp³-hybridized carbons (Fsp3) is 0.394. The maximum Gasteiger partial charge on any atom is 0.416 e. The van der Waals surface area contributed by atoms with E-state index in [4.69, 9.17) is 16.3 Å². The van der Waals surface area contributed by atoms with Crippen LogP contribution in [0.5, 0.6) is 5.75 Å². The van der Waals surface area contributed by atoms with Crippen LogP contribution in [0.15, 0.2) is 47.4 Å². The van der Waals surface area contributed by atoms with E-state index >= 15 is 0 Å². The van der Waals surface area contributed by atoms with Gasteiger partial charge in [0.2, 0.25) is 11.7 Å². The van der Waals surface area contributed by atoms with Crippen molar-refractivity contribution in [1.82, 2.24) is 29.0 Å². The molecule has 0 radical (unpaired) electrons. The Balaban J connectivity index is 1.28. The molecule has 258 valence electrons. The Morgan fingerprint density at radius 3 is 2.73 bits per heavy atom. The highest BCUT2D eigenvalue weighted by molar-refractivity contribution is 6.33. The van der Waals surface area contributed by atoms with Crippen LogP contribution < -0.4 is 10.9 Å². The van der Waals surface area contributed by atoms with Crippen LogP contribution in [0.2, 0.25) is 5.02 Å². The number of ether oxygens (including phenoxy) is 1. The number of alkyl halides is 3. The SMILES string of the molecule is CCN(CCCC1CCc2c1c(=O)n1nc(C3=CCOCC3)nc1n2CC(=O)Nc1ccc(C(F)(F)F)cc1Cl)C(=O)c1ncccc1O.